The molecular weight excluding hydrogens is 360 g/mol. The molecule has 0 radical (unpaired) electrons. The van der Waals surface area contributed by atoms with Gasteiger partial charge in [0.25, 0.3) is 0 Å². The van der Waals surface area contributed by atoms with Crippen molar-refractivity contribution in [2.75, 3.05) is 0 Å². The summed E-state index contributed by atoms with van der Waals surface area (Å²) in [6, 6.07) is 15.0. The summed E-state index contributed by atoms with van der Waals surface area (Å²) in [5.74, 6) is 1.90. The molecule has 0 saturated heterocycles. The molecule has 0 atom stereocenters. The predicted molar refractivity (Wildman–Crippen MR) is 105 cm³/mol. The van der Waals surface area contributed by atoms with E-state index in [-0.39, 0.29) is 0 Å². The van der Waals surface area contributed by atoms with E-state index in [4.69, 9.17) is 0 Å². The minimum atomic E-state index is 0.457. The van der Waals surface area contributed by atoms with Crippen LogP contribution in [0.1, 0.15) is 50.7 Å². The maximum absolute atomic E-state index is 4.64. The van der Waals surface area contributed by atoms with Crippen LogP contribution in [0.2, 0.25) is 0 Å². The van der Waals surface area contributed by atoms with Crippen LogP contribution >= 0.6 is 15.9 Å². The molecule has 0 aliphatic heterocycles. The average molecular weight is 383 g/mol. The zero-order chi connectivity index (χ0) is 17.3. The summed E-state index contributed by atoms with van der Waals surface area (Å²) < 4.78 is 3.32. The fourth-order valence-electron chi connectivity index (χ4n) is 3.09. The van der Waals surface area contributed by atoms with Crippen molar-refractivity contribution in [1.29, 1.82) is 0 Å². The third-order valence-electron chi connectivity index (χ3n) is 4.33. The van der Waals surface area contributed by atoms with Crippen LogP contribution in [-0.2, 0) is 0 Å². The third kappa shape index (κ3) is 3.18. The summed E-state index contributed by atoms with van der Waals surface area (Å²) in [6.45, 7) is 9.00. The van der Waals surface area contributed by atoms with Gasteiger partial charge in [-0.25, -0.2) is 4.98 Å². The molecule has 2 nitrogen and oxygen atoms in total. The number of benzene rings is 2. The fourth-order valence-corrected chi connectivity index (χ4v) is 3.35. The van der Waals surface area contributed by atoms with E-state index in [1.54, 1.807) is 0 Å². The van der Waals surface area contributed by atoms with Gasteiger partial charge in [0, 0.05) is 22.4 Å². The Labute approximate surface area is 152 Å². The molecule has 3 heteroatoms. The van der Waals surface area contributed by atoms with Crippen molar-refractivity contribution in [2.24, 2.45) is 0 Å². The first kappa shape index (κ1) is 17.0. The summed E-state index contributed by atoms with van der Waals surface area (Å²) in [4.78, 5) is 4.64. The lowest BCUT2D eigenvalue weighted by atomic mass is 9.92. The van der Waals surface area contributed by atoms with Crippen molar-refractivity contribution in [1.82, 2.24) is 9.55 Å². The molecule has 3 rings (SSSR count). The van der Waals surface area contributed by atoms with Crippen LogP contribution in [0.25, 0.3) is 17.1 Å². The van der Waals surface area contributed by atoms with Crippen molar-refractivity contribution in [3.8, 4) is 17.1 Å². The monoisotopic (exact) mass is 382 g/mol. The van der Waals surface area contributed by atoms with Crippen LogP contribution in [0.3, 0.4) is 0 Å². The second-order valence-electron chi connectivity index (χ2n) is 6.72. The predicted octanol–water partition coefficient (Wildman–Crippen LogP) is 6.55. The number of rotatable bonds is 4. The summed E-state index contributed by atoms with van der Waals surface area (Å²) >= 11 is 3.51. The van der Waals surface area contributed by atoms with Crippen LogP contribution in [0.15, 0.2) is 59.3 Å². The zero-order valence-electron chi connectivity index (χ0n) is 14.6. The lowest BCUT2D eigenvalue weighted by Gasteiger charge is -2.21. The third-order valence-corrected chi connectivity index (χ3v) is 4.86. The molecule has 24 heavy (non-hydrogen) atoms. The zero-order valence-corrected chi connectivity index (χ0v) is 16.2. The van der Waals surface area contributed by atoms with E-state index in [1.807, 2.05) is 6.20 Å². The number of imidazole rings is 1. The van der Waals surface area contributed by atoms with Crippen LogP contribution in [0.4, 0.5) is 0 Å². The number of para-hydroxylation sites is 1. The fraction of sp³-hybridized carbons (Fsp3) is 0.286. The van der Waals surface area contributed by atoms with E-state index in [9.17, 15) is 0 Å². The second kappa shape index (κ2) is 6.94. The lowest BCUT2D eigenvalue weighted by molar-refractivity contribution is 0.807. The van der Waals surface area contributed by atoms with Crippen LogP contribution in [0, 0.1) is 0 Å². The van der Waals surface area contributed by atoms with E-state index in [1.165, 1.54) is 16.8 Å². The van der Waals surface area contributed by atoms with Gasteiger partial charge in [-0.2, -0.15) is 0 Å². The van der Waals surface area contributed by atoms with Crippen LogP contribution in [-0.4, -0.2) is 9.55 Å². The molecule has 1 aromatic heterocycles. The molecule has 0 unspecified atom stereocenters. The molecule has 1 heterocycles. The van der Waals surface area contributed by atoms with Gasteiger partial charge in [-0.1, -0.05) is 74.0 Å². The highest BCUT2D eigenvalue weighted by Crippen LogP contribution is 2.33. The normalized spacial score (nSPS) is 11.5. The number of aromatic nitrogens is 2. The van der Waals surface area contributed by atoms with Crippen molar-refractivity contribution < 1.29 is 0 Å². The molecule has 0 amide bonds. The van der Waals surface area contributed by atoms with E-state index in [2.05, 4.69) is 102 Å². The maximum Gasteiger partial charge on any atom is 0.144 e. The Bertz CT molecular complexity index is 803. The summed E-state index contributed by atoms with van der Waals surface area (Å²) in [5.41, 5.74) is 5.12. The molecule has 124 valence electrons. The van der Waals surface area contributed by atoms with Gasteiger partial charge in [-0.05, 0) is 35.1 Å². The molecule has 0 bridgehead atoms. The first-order chi connectivity index (χ1) is 11.5. The van der Waals surface area contributed by atoms with Gasteiger partial charge in [0.1, 0.15) is 5.82 Å². The number of halogens is 1. The summed E-state index contributed by atoms with van der Waals surface area (Å²) in [5, 5.41) is 0. The lowest BCUT2D eigenvalue weighted by Crippen LogP contribution is -2.07. The van der Waals surface area contributed by atoms with Gasteiger partial charge in [-0.15, -0.1) is 0 Å². The minimum absolute atomic E-state index is 0.457. The molecule has 0 saturated carbocycles. The van der Waals surface area contributed by atoms with E-state index >= 15 is 0 Å². The van der Waals surface area contributed by atoms with Crippen molar-refractivity contribution in [3.63, 3.8) is 0 Å². The number of hydrogen-bond acceptors (Lipinski definition) is 1. The standard InChI is InChI=1S/C21H23BrN2/c1-14(2)18-6-5-7-19(15(3)4)20(18)24-13-12-23-21(24)16-8-10-17(22)11-9-16/h5-15H,1-4H3. The largest absolute Gasteiger partial charge is 0.299 e. The van der Waals surface area contributed by atoms with Crippen molar-refractivity contribution in [2.45, 2.75) is 39.5 Å². The van der Waals surface area contributed by atoms with Gasteiger partial charge < -0.3 is 0 Å². The Kier molecular flexibility index (Phi) is 4.91. The Morgan fingerprint density at radius 3 is 2.00 bits per heavy atom. The number of hydrogen-bond donors (Lipinski definition) is 0. The molecule has 0 fully saturated rings. The van der Waals surface area contributed by atoms with Gasteiger partial charge in [0.15, 0.2) is 0 Å². The van der Waals surface area contributed by atoms with Crippen molar-refractivity contribution in [3.05, 3.63) is 70.5 Å². The van der Waals surface area contributed by atoms with Crippen LogP contribution < -0.4 is 0 Å². The Hall–Kier alpha value is -1.87. The van der Waals surface area contributed by atoms with Gasteiger partial charge in [0.05, 0.1) is 5.69 Å². The smallest absolute Gasteiger partial charge is 0.144 e. The van der Waals surface area contributed by atoms with Gasteiger partial charge in [-0.3, -0.25) is 4.57 Å². The Morgan fingerprint density at radius 1 is 0.875 bits per heavy atom. The second-order valence-corrected chi connectivity index (χ2v) is 7.64. The minimum Gasteiger partial charge on any atom is -0.299 e. The molecule has 0 aliphatic carbocycles. The SMILES string of the molecule is CC(C)c1cccc(C(C)C)c1-n1ccnc1-c1ccc(Br)cc1. The van der Waals surface area contributed by atoms with Gasteiger partial charge in [0.2, 0.25) is 0 Å². The Balaban J connectivity index is 2.24. The molecular formula is C21H23BrN2. The summed E-state index contributed by atoms with van der Waals surface area (Å²) in [6.07, 6.45) is 3.96. The van der Waals surface area contributed by atoms with Gasteiger partial charge >= 0.3 is 0 Å². The molecule has 0 N–H and O–H groups in total. The Morgan fingerprint density at radius 2 is 1.46 bits per heavy atom. The molecule has 3 aromatic rings. The topological polar surface area (TPSA) is 17.8 Å². The maximum atomic E-state index is 4.64. The van der Waals surface area contributed by atoms with E-state index in [0.717, 1.165) is 15.9 Å². The first-order valence-corrected chi connectivity index (χ1v) is 9.20. The molecule has 0 aliphatic rings. The quantitative estimate of drug-likeness (QED) is 0.500. The highest BCUT2D eigenvalue weighted by molar-refractivity contribution is 9.10. The molecule has 0 spiro atoms. The highest BCUT2D eigenvalue weighted by atomic mass is 79.9. The molecule has 2 aromatic carbocycles. The van der Waals surface area contributed by atoms with Crippen molar-refractivity contribution >= 4 is 15.9 Å². The highest BCUT2D eigenvalue weighted by Gasteiger charge is 2.18. The van der Waals surface area contributed by atoms with E-state index < -0.39 is 0 Å². The average Bonchev–Trinajstić information content (AvgIpc) is 3.03. The first-order valence-electron chi connectivity index (χ1n) is 8.41. The van der Waals surface area contributed by atoms with E-state index in [0.29, 0.717) is 11.8 Å². The van der Waals surface area contributed by atoms with Crippen LogP contribution in [0.5, 0.6) is 0 Å². The summed E-state index contributed by atoms with van der Waals surface area (Å²) in [7, 11) is 0. The number of nitrogens with zero attached hydrogens (tertiary/aromatic N) is 2.